The third-order valence-electron chi connectivity index (χ3n) is 5.76. The van der Waals surface area contributed by atoms with Crippen molar-refractivity contribution in [1.82, 2.24) is 24.6 Å². The molecule has 4 rings (SSSR count). The molecule has 0 aliphatic carbocycles. The number of urea groups is 1. The van der Waals surface area contributed by atoms with Gasteiger partial charge in [-0.25, -0.2) is 9.59 Å². The van der Waals surface area contributed by atoms with E-state index in [2.05, 4.69) is 5.10 Å². The zero-order valence-corrected chi connectivity index (χ0v) is 17.6. The van der Waals surface area contributed by atoms with E-state index >= 15 is 0 Å². The molecule has 2 aromatic rings. The maximum atomic E-state index is 13.2. The number of aryl methyl sites for hydroxylation is 1. The van der Waals surface area contributed by atoms with E-state index in [-0.39, 0.29) is 25.2 Å². The minimum absolute atomic E-state index is 0.163. The summed E-state index contributed by atoms with van der Waals surface area (Å²) < 4.78 is 1.73. The molecule has 0 radical (unpaired) electrons. The third-order valence-corrected chi connectivity index (χ3v) is 5.76. The summed E-state index contributed by atoms with van der Waals surface area (Å²) in [6.07, 6.45) is 0.737. The fraction of sp³-hybridized carbons (Fsp3) is 0.476. The molecule has 2 atom stereocenters. The van der Waals surface area contributed by atoms with Gasteiger partial charge in [-0.1, -0.05) is 30.3 Å². The number of amides is 3. The van der Waals surface area contributed by atoms with Crippen molar-refractivity contribution in [2.24, 2.45) is 7.05 Å². The van der Waals surface area contributed by atoms with Gasteiger partial charge in [-0.15, -0.1) is 0 Å². The van der Waals surface area contributed by atoms with Gasteiger partial charge in [0.2, 0.25) is 0 Å². The van der Waals surface area contributed by atoms with Crippen LogP contribution in [0.4, 0.5) is 9.59 Å². The van der Waals surface area contributed by atoms with Gasteiger partial charge in [0.25, 0.3) is 0 Å². The Kier molecular flexibility index (Phi) is 4.93. The highest BCUT2D eigenvalue weighted by Crippen LogP contribution is 2.44. The summed E-state index contributed by atoms with van der Waals surface area (Å²) in [6.45, 7) is 6.42. The van der Waals surface area contributed by atoms with Gasteiger partial charge < -0.3 is 14.9 Å². The summed E-state index contributed by atoms with van der Waals surface area (Å²) in [7, 11) is 1.82. The van der Waals surface area contributed by atoms with E-state index < -0.39 is 17.7 Å². The van der Waals surface area contributed by atoms with Crippen molar-refractivity contribution in [3.63, 3.8) is 0 Å². The molecule has 0 spiro atoms. The lowest BCUT2D eigenvalue weighted by atomic mass is 9.96. The summed E-state index contributed by atoms with van der Waals surface area (Å²) >= 11 is 0. The van der Waals surface area contributed by atoms with Crippen LogP contribution in [0.5, 0.6) is 0 Å². The molecule has 1 aromatic carbocycles. The number of benzene rings is 1. The van der Waals surface area contributed by atoms with E-state index in [9.17, 15) is 14.7 Å². The van der Waals surface area contributed by atoms with Crippen LogP contribution in [0.25, 0.3) is 0 Å². The third kappa shape index (κ3) is 3.39. The molecule has 3 heterocycles. The van der Waals surface area contributed by atoms with Gasteiger partial charge in [0.05, 0.1) is 31.0 Å². The number of fused-ring (bicyclic) bond motifs is 4. The maximum Gasteiger partial charge on any atom is 0.407 e. The quantitative estimate of drug-likeness (QED) is 0.813. The Morgan fingerprint density at radius 3 is 2.63 bits per heavy atom. The summed E-state index contributed by atoms with van der Waals surface area (Å²) in [5.41, 5.74) is 2.11. The SMILES string of the molecule is Cn1ncc2c1[C@@H](CN(C(=O)O)C(C)(C)C)N1C[C@H]2N(OCc2ccccc2)C1=O. The standard InChI is InChI=1S/C21H27N5O4/c1-21(2,3)25(20(28)29)12-17-18-15(10-22-23(18)4)16-11-24(17)19(27)26(16)30-13-14-8-6-5-7-9-14/h5-10,16-17H,11-13H2,1-4H3,(H,28,29)/t16-,17-/m1/s1. The highest BCUT2D eigenvalue weighted by molar-refractivity contribution is 5.78. The molecule has 1 saturated heterocycles. The number of aromatic nitrogens is 2. The summed E-state index contributed by atoms with van der Waals surface area (Å²) in [4.78, 5) is 34.2. The summed E-state index contributed by atoms with van der Waals surface area (Å²) in [5.74, 6) is 0. The highest BCUT2D eigenvalue weighted by atomic mass is 16.7. The van der Waals surface area contributed by atoms with Crippen LogP contribution < -0.4 is 0 Å². The minimum Gasteiger partial charge on any atom is -0.465 e. The second kappa shape index (κ2) is 7.32. The second-order valence-corrected chi connectivity index (χ2v) is 8.72. The van der Waals surface area contributed by atoms with E-state index in [1.165, 1.54) is 9.96 Å². The predicted octanol–water partition coefficient (Wildman–Crippen LogP) is 3.16. The van der Waals surface area contributed by atoms with Gasteiger partial charge in [-0.05, 0) is 26.3 Å². The Hall–Kier alpha value is -3.07. The van der Waals surface area contributed by atoms with Crippen molar-refractivity contribution in [2.45, 2.75) is 45.0 Å². The minimum atomic E-state index is -1.02. The molecule has 1 aromatic heterocycles. The first kappa shape index (κ1) is 20.2. The van der Waals surface area contributed by atoms with Crippen molar-refractivity contribution < 1.29 is 19.5 Å². The molecule has 1 N–H and O–H groups in total. The van der Waals surface area contributed by atoms with Crippen molar-refractivity contribution in [1.29, 1.82) is 0 Å². The fourth-order valence-electron chi connectivity index (χ4n) is 4.22. The molecule has 9 nitrogen and oxygen atoms in total. The Labute approximate surface area is 175 Å². The molecule has 2 aliphatic rings. The van der Waals surface area contributed by atoms with Crippen LogP contribution in [0.15, 0.2) is 36.5 Å². The van der Waals surface area contributed by atoms with Crippen LogP contribution in [0.3, 0.4) is 0 Å². The Balaban J connectivity index is 1.63. The Bertz CT molecular complexity index is 952. The van der Waals surface area contributed by atoms with Crippen LogP contribution >= 0.6 is 0 Å². The van der Waals surface area contributed by atoms with Crippen molar-refractivity contribution >= 4 is 12.1 Å². The first-order valence-corrected chi connectivity index (χ1v) is 9.97. The normalized spacial score (nSPS) is 20.5. The first-order chi connectivity index (χ1) is 14.2. The molecule has 2 bridgehead atoms. The van der Waals surface area contributed by atoms with E-state index in [0.717, 1.165) is 16.8 Å². The van der Waals surface area contributed by atoms with Gasteiger partial charge in [0, 0.05) is 18.2 Å². The number of carbonyl (C=O) groups is 2. The van der Waals surface area contributed by atoms with E-state index in [0.29, 0.717) is 6.54 Å². The number of hydroxylamine groups is 2. The van der Waals surface area contributed by atoms with Crippen LogP contribution in [0.2, 0.25) is 0 Å². The van der Waals surface area contributed by atoms with Crippen molar-refractivity contribution in [3.8, 4) is 0 Å². The zero-order chi connectivity index (χ0) is 21.6. The Morgan fingerprint density at radius 1 is 1.30 bits per heavy atom. The molecule has 0 unspecified atom stereocenters. The molecule has 1 fully saturated rings. The molecule has 30 heavy (non-hydrogen) atoms. The Morgan fingerprint density at radius 2 is 2.00 bits per heavy atom. The average Bonchev–Trinajstić information content (AvgIpc) is 3.20. The molecule has 2 aliphatic heterocycles. The van der Waals surface area contributed by atoms with Gasteiger partial charge in [0.1, 0.15) is 12.6 Å². The number of carbonyl (C=O) groups excluding carboxylic acids is 1. The van der Waals surface area contributed by atoms with Gasteiger partial charge >= 0.3 is 12.1 Å². The topological polar surface area (TPSA) is 91.1 Å². The number of nitrogens with zero attached hydrogens (tertiary/aromatic N) is 5. The molecular formula is C21H27N5O4. The number of hydrogen-bond acceptors (Lipinski definition) is 4. The monoisotopic (exact) mass is 413 g/mol. The molecule has 160 valence electrons. The predicted molar refractivity (Wildman–Crippen MR) is 108 cm³/mol. The lowest BCUT2D eigenvalue weighted by Gasteiger charge is -2.39. The average molecular weight is 413 g/mol. The van der Waals surface area contributed by atoms with Gasteiger partial charge in [-0.2, -0.15) is 10.2 Å². The van der Waals surface area contributed by atoms with Gasteiger partial charge in [-0.3, -0.25) is 9.52 Å². The number of carboxylic acid groups (broad SMARTS) is 1. The van der Waals surface area contributed by atoms with Crippen LogP contribution in [0.1, 0.15) is 49.7 Å². The van der Waals surface area contributed by atoms with Crippen LogP contribution in [-0.4, -0.2) is 60.5 Å². The van der Waals surface area contributed by atoms with Gasteiger partial charge in [0.15, 0.2) is 0 Å². The summed E-state index contributed by atoms with van der Waals surface area (Å²) in [5, 5.41) is 15.6. The molecule has 3 amide bonds. The first-order valence-electron chi connectivity index (χ1n) is 9.97. The molecule has 9 heteroatoms. The number of rotatable bonds is 5. The summed E-state index contributed by atoms with van der Waals surface area (Å²) in [6, 6.07) is 8.71. The largest absolute Gasteiger partial charge is 0.465 e. The second-order valence-electron chi connectivity index (χ2n) is 8.72. The smallest absolute Gasteiger partial charge is 0.407 e. The van der Waals surface area contributed by atoms with E-state index in [1.807, 2.05) is 58.2 Å². The number of hydrogen-bond donors (Lipinski definition) is 1. The molecule has 0 saturated carbocycles. The molecular weight excluding hydrogens is 386 g/mol. The van der Waals surface area contributed by atoms with E-state index in [4.69, 9.17) is 4.84 Å². The van der Waals surface area contributed by atoms with Crippen LogP contribution in [0, 0.1) is 0 Å². The van der Waals surface area contributed by atoms with Crippen molar-refractivity contribution in [2.75, 3.05) is 13.1 Å². The van der Waals surface area contributed by atoms with E-state index in [1.54, 1.807) is 15.8 Å². The highest BCUT2D eigenvalue weighted by Gasteiger charge is 2.51. The maximum absolute atomic E-state index is 13.2. The zero-order valence-electron chi connectivity index (χ0n) is 17.6. The fourth-order valence-corrected chi connectivity index (χ4v) is 4.22. The lowest BCUT2D eigenvalue weighted by molar-refractivity contribution is -0.141. The van der Waals surface area contributed by atoms with Crippen molar-refractivity contribution in [3.05, 3.63) is 53.3 Å². The lowest BCUT2D eigenvalue weighted by Crippen LogP contribution is -2.50. The van der Waals surface area contributed by atoms with Crippen LogP contribution in [-0.2, 0) is 18.5 Å².